The van der Waals surface area contributed by atoms with Crippen molar-refractivity contribution in [3.63, 3.8) is 0 Å². The molecule has 3 aromatic carbocycles. The van der Waals surface area contributed by atoms with E-state index in [-0.39, 0.29) is 17.9 Å². The lowest BCUT2D eigenvalue weighted by Gasteiger charge is -2.10. The minimum Gasteiger partial charge on any atom is -0.489 e. The Hall–Kier alpha value is -3.21. The van der Waals surface area contributed by atoms with Crippen molar-refractivity contribution >= 4 is 0 Å². The van der Waals surface area contributed by atoms with Crippen LogP contribution < -0.4 is 9.47 Å². The summed E-state index contributed by atoms with van der Waals surface area (Å²) < 4.78 is 52.5. The second kappa shape index (κ2) is 8.65. The number of halogens is 3. The van der Waals surface area contributed by atoms with Crippen LogP contribution >= 0.6 is 0 Å². The number of hydrogen-bond donors (Lipinski definition) is 0. The highest BCUT2D eigenvalue weighted by atomic mass is 19.2. The Morgan fingerprint density at radius 2 is 1.64 bits per heavy atom. The van der Waals surface area contributed by atoms with E-state index in [0.29, 0.717) is 23.5 Å². The molecule has 5 heteroatoms. The predicted octanol–water partition coefficient (Wildman–Crippen LogP) is 6.22. The van der Waals surface area contributed by atoms with E-state index >= 15 is 0 Å². The largest absolute Gasteiger partial charge is 0.489 e. The van der Waals surface area contributed by atoms with Crippen LogP contribution in [-0.2, 0) is 6.61 Å². The zero-order chi connectivity index (χ0) is 20.1. The molecule has 0 spiro atoms. The number of hydrogen-bond acceptors (Lipinski definition) is 2. The van der Waals surface area contributed by atoms with Crippen LogP contribution in [0.3, 0.4) is 0 Å². The number of aryl methyl sites for hydroxylation is 1. The maximum absolute atomic E-state index is 14.3. The minimum absolute atomic E-state index is 0.0660. The van der Waals surface area contributed by atoms with Crippen molar-refractivity contribution < 1.29 is 22.6 Å². The summed E-state index contributed by atoms with van der Waals surface area (Å²) in [5, 5.41) is 0. The van der Waals surface area contributed by atoms with Crippen LogP contribution in [0, 0.1) is 24.4 Å². The molecule has 0 N–H and O–H groups in total. The zero-order valence-corrected chi connectivity index (χ0v) is 15.3. The Morgan fingerprint density at radius 3 is 2.32 bits per heavy atom. The Labute approximate surface area is 161 Å². The highest BCUT2D eigenvalue weighted by Crippen LogP contribution is 2.27. The highest BCUT2D eigenvalue weighted by molar-refractivity contribution is 5.65. The van der Waals surface area contributed by atoms with Gasteiger partial charge in [-0.1, -0.05) is 43.0 Å². The quantitative estimate of drug-likeness (QED) is 0.450. The molecule has 0 atom stereocenters. The SMILES string of the molecule is C=CCOc1ccc(-c2ccc(COc3ccc(C)c(F)c3F)cc2)c(F)c1. The van der Waals surface area contributed by atoms with E-state index in [1.807, 2.05) is 0 Å². The number of ether oxygens (including phenoxy) is 2. The van der Waals surface area contributed by atoms with Gasteiger partial charge >= 0.3 is 0 Å². The summed E-state index contributed by atoms with van der Waals surface area (Å²) >= 11 is 0. The van der Waals surface area contributed by atoms with E-state index < -0.39 is 17.5 Å². The van der Waals surface area contributed by atoms with Gasteiger partial charge in [-0.25, -0.2) is 8.78 Å². The summed E-state index contributed by atoms with van der Waals surface area (Å²) in [6, 6.07) is 14.5. The molecule has 0 saturated carbocycles. The maximum Gasteiger partial charge on any atom is 0.200 e. The van der Waals surface area contributed by atoms with Crippen LogP contribution in [0.15, 0.2) is 67.3 Å². The third-order valence-electron chi connectivity index (χ3n) is 4.21. The number of benzene rings is 3. The molecule has 2 nitrogen and oxygen atoms in total. The first kappa shape index (κ1) is 19.5. The fourth-order valence-electron chi connectivity index (χ4n) is 2.66. The third-order valence-corrected chi connectivity index (χ3v) is 4.21. The fraction of sp³-hybridized carbons (Fsp3) is 0.130. The molecule has 3 rings (SSSR count). The van der Waals surface area contributed by atoms with Gasteiger partial charge in [-0.05, 0) is 41.8 Å². The normalized spacial score (nSPS) is 10.6. The van der Waals surface area contributed by atoms with Gasteiger partial charge in [0.2, 0.25) is 5.82 Å². The van der Waals surface area contributed by atoms with Crippen LogP contribution in [0.2, 0.25) is 0 Å². The average Bonchev–Trinajstić information content (AvgIpc) is 2.70. The van der Waals surface area contributed by atoms with E-state index in [1.54, 1.807) is 42.5 Å². The van der Waals surface area contributed by atoms with Gasteiger partial charge < -0.3 is 9.47 Å². The average molecular weight is 384 g/mol. The van der Waals surface area contributed by atoms with Crippen LogP contribution in [0.25, 0.3) is 11.1 Å². The first-order valence-electron chi connectivity index (χ1n) is 8.69. The summed E-state index contributed by atoms with van der Waals surface area (Å²) in [6.07, 6.45) is 1.59. The summed E-state index contributed by atoms with van der Waals surface area (Å²) in [4.78, 5) is 0. The lowest BCUT2D eigenvalue weighted by atomic mass is 10.0. The van der Waals surface area contributed by atoms with Gasteiger partial charge in [-0.15, -0.1) is 0 Å². The van der Waals surface area contributed by atoms with Crippen molar-refractivity contribution in [1.82, 2.24) is 0 Å². The van der Waals surface area contributed by atoms with Crippen molar-refractivity contribution in [2.24, 2.45) is 0 Å². The molecule has 144 valence electrons. The Morgan fingerprint density at radius 1 is 0.893 bits per heavy atom. The van der Waals surface area contributed by atoms with Crippen molar-refractivity contribution in [3.8, 4) is 22.6 Å². The molecule has 0 bridgehead atoms. The molecular formula is C23H19F3O2. The van der Waals surface area contributed by atoms with E-state index in [0.717, 1.165) is 5.56 Å². The van der Waals surface area contributed by atoms with Gasteiger partial charge in [0.1, 0.15) is 24.8 Å². The smallest absolute Gasteiger partial charge is 0.200 e. The van der Waals surface area contributed by atoms with E-state index in [2.05, 4.69) is 6.58 Å². The van der Waals surface area contributed by atoms with Gasteiger partial charge in [0.25, 0.3) is 0 Å². The first-order chi connectivity index (χ1) is 13.5. The van der Waals surface area contributed by atoms with Crippen molar-refractivity contribution in [2.75, 3.05) is 6.61 Å². The van der Waals surface area contributed by atoms with Crippen molar-refractivity contribution in [3.05, 3.63) is 95.8 Å². The Kier molecular flexibility index (Phi) is 6.04. The van der Waals surface area contributed by atoms with Gasteiger partial charge in [0, 0.05) is 11.6 Å². The molecule has 3 aromatic rings. The van der Waals surface area contributed by atoms with Crippen LogP contribution in [-0.4, -0.2) is 6.61 Å². The predicted molar refractivity (Wildman–Crippen MR) is 103 cm³/mol. The van der Waals surface area contributed by atoms with Gasteiger partial charge in [0.15, 0.2) is 11.6 Å². The number of rotatable bonds is 7. The maximum atomic E-state index is 14.3. The minimum atomic E-state index is -1.00. The zero-order valence-electron chi connectivity index (χ0n) is 15.3. The summed E-state index contributed by atoms with van der Waals surface area (Å²) in [7, 11) is 0. The molecule has 0 radical (unpaired) electrons. The van der Waals surface area contributed by atoms with Crippen LogP contribution in [0.1, 0.15) is 11.1 Å². The lowest BCUT2D eigenvalue weighted by molar-refractivity contribution is 0.284. The first-order valence-corrected chi connectivity index (χ1v) is 8.69. The lowest BCUT2D eigenvalue weighted by Crippen LogP contribution is -2.00. The monoisotopic (exact) mass is 384 g/mol. The van der Waals surface area contributed by atoms with Crippen LogP contribution in [0.4, 0.5) is 13.2 Å². The second-order valence-electron chi connectivity index (χ2n) is 6.24. The molecule has 0 aliphatic rings. The molecule has 0 aliphatic carbocycles. The van der Waals surface area contributed by atoms with Crippen molar-refractivity contribution in [1.29, 1.82) is 0 Å². The molecule has 0 saturated heterocycles. The molecule has 0 fully saturated rings. The van der Waals surface area contributed by atoms with E-state index in [4.69, 9.17) is 9.47 Å². The van der Waals surface area contributed by atoms with E-state index in [9.17, 15) is 13.2 Å². The summed E-state index contributed by atoms with van der Waals surface area (Å²) in [6.45, 7) is 5.41. The molecule has 0 aliphatic heterocycles. The van der Waals surface area contributed by atoms with Crippen LogP contribution in [0.5, 0.6) is 11.5 Å². The molecule has 28 heavy (non-hydrogen) atoms. The molecule has 0 aromatic heterocycles. The molecule has 0 amide bonds. The summed E-state index contributed by atoms with van der Waals surface area (Å²) in [5.74, 6) is -2.03. The highest BCUT2D eigenvalue weighted by Gasteiger charge is 2.12. The molecule has 0 unspecified atom stereocenters. The standard InChI is InChI=1S/C23H19F3O2/c1-3-12-27-18-9-10-19(20(24)13-18)17-7-5-16(6-8-17)14-28-21-11-4-15(2)22(25)23(21)26/h3-11,13H,1,12,14H2,2H3. The van der Waals surface area contributed by atoms with Gasteiger partial charge in [-0.3, -0.25) is 0 Å². The second-order valence-corrected chi connectivity index (χ2v) is 6.24. The fourth-order valence-corrected chi connectivity index (χ4v) is 2.66. The Bertz CT molecular complexity index is 982. The van der Waals surface area contributed by atoms with Gasteiger partial charge in [-0.2, -0.15) is 4.39 Å². The van der Waals surface area contributed by atoms with Crippen molar-refractivity contribution in [2.45, 2.75) is 13.5 Å². The summed E-state index contributed by atoms with van der Waals surface area (Å²) in [5.41, 5.74) is 2.08. The topological polar surface area (TPSA) is 18.5 Å². The third kappa shape index (κ3) is 4.36. The molecular weight excluding hydrogens is 365 g/mol. The Balaban J connectivity index is 1.70. The molecule has 0 heterocycles. The van der Waals surface area contributed by atoms with E-state index in [1.165, 1.54) is 25.1 Å². The van der Waals surface area contributed by atoms with Gasteiger partial charge in [0.05, 0.1) is 0 Å².